The molecule has 2 rings (SSSR count). The van der Waals surface area contributed by atoms with E-state index in [0.29, 0.717) is 22.2 Å². The molecule has 0 aliphatic rings. The molecule has 2 aromatic rings. The average Bonchev–Trinajstić information content (AvgIpc) is 2.88. The number of carbonyl (C=O) groups excluding carboxylic acids is 1. The van der Waals surface area contributed by atoms with Crippen LogP contribution in [0.1, 0.15) is 23.0 Å². The Morgan fingerprint density at radius 2 is 2.16 bits per heavy atom. The molecule has 1 aromatic heterocycles. The zero-order valence-electron chi connectivity index (χ0n) is 10.3. The fourth-order valence-electron chi connectivity index (χ4n) is 1.68. The summed E-state index contributed by atoms with van der Waals surface area (Å²) >= 11 is 11.8. The minimum atomic E-state index is -0.358. The Bertz CT molecular complexity index is 567. The zero-order valence-corrected chi connectivity index (χ0v) is 11.8. The summed E-state index contributed by atoms with van der Waals surface area (Å²) in [7, 11) is 0. The third kappa shape index (κ3) is 3.60. The van der Waals surface area contributed by atoms with Crippen molar-refractivity contribution in [3.8, 4) is 0 Å². The highest BCUT2D eigenvalue weighted by Crippen LogP contribution is 2.22. The first-order chi connectivity index (χ1) is 9.08. The second kappa shape index (κ2) is 6.24. The van der Waals surface area contributed by atoms with Gasteiger partial charge in [-0.25, -0.2) is 0 Å². The van der Waals surface area contributed by atoms with Crippen LogP contribution in [0.2, 0.25) is 10.0 Å². The van der Waals surface area contributed by atoms with Crippen LogP contribution in [0.3, 0.4) is 0 Å². The van der Waals surface area contributed by atoms with E-state index in [9.17, 15) is 4.79 Å². The van der Waals surface area contributed by atoms with Gasteiger partial charge in [-0.3, -0.25) is 4.79 Å². The average molecular weight is 298 g/mol. The lowest BCUT2D eigenvalue weighted by molar-refractivity contribution is 0.0949. The Hall–Kier alpha value is -1.29. The molecule has 0 aliphatic heterocycles. The maximum absolute atomic E-state index is 12.2. The van der Waals surface area contributed by atoms with E-state index in [1.165, 1.54) is 0 Å². The van der Waals surface area contributed by atoms with E-state index in [1.807, 2.05) is 6.07 Å². The summed E-state index contributed by atoms with van der Waals surface area (Å²) < 4.78 is 5.19. The molecular weight excluding hydrogens is 285 g/mol. The summed E-state index contributed by atoms with van der Waals surface area (Å²) in [5, 5.41) is 3.97. The molecule has 0 spiro atoms. The van der Waals surface area contributed by atoms with Crippen LogP contribution in [0.4, 0.5) is 0 Å². The molecule has 1 atom stereocenters. The molecule has 0 radical (unpaired) electrons. The molecule has 1 N–H and O–H groups in total. The van der Waals surface area contributed by atoms with Crippen LogP contribution in [0, 0.1) is 0 Å². The van der Waals surface area contributed by atoms with Gasteiger partial charge in [-0.15, -0.1) is 0 Å². The Morgan fingerprint density at radius 1 is 1.37 bits per heavy atom. The molecule has 19 heavy (non-hydrogen) atoms. The van der Waals surface area contributed by atoms with E-state index < -0.39 is 0 Å². The lowest BCUT2D eigenvalue weighted by Gasteiger charge is -2.13. The third-order valence-corrected chi connectivity index (χ3v) is 3.30. The highest BCUT2D eigenvalue weighted by Gasteiger charge is 2.17. The number of ketones is 1. The number of carbonyl (C=O) groups is 1. The molecule has 0 bridgehead atoms. The molecule has 0 fully saturated rings. The van der Waals surface area contributed by atoms with Crippen LogP contribution in [0.5, 0.6) is 0 Å². The fraction of sp³-hybridized carbons (Fsp3) is 0.214. The van der Waals surface area contributed by atoms with Gasteiger partial charge in [0, 0.05) is 10.6 Å². The molecule has 100 valence electrons. The summed E-state index contributed by atoms with van der Waals surface area (Å²) in [6.07, 6.45) is 1.60. The van der Waals surface area contributed by atoms with Crippen molar-refractivity contribution < 1.29 is 9.21 Å². The van der Waals surface area contributed by atoms with Gasteiger partial charge < -0.3 is 9.73 Å². The van der Waals surface area contributed by atoms with Crippen molar-refractivity contribution in [2.75, 3.05) is 0 Å². The Labute approximate surface area is 121 Å². The molecule has 1 aromatic carbocycles. The van der Waals surface area contributed by atoms with E-state index in [1.54, 1.807) is 37.5 Å². The Balaban J connectivity index is 2.02. The number of nitrogens with one attached hydrogen (secondary N) is 1. The smallest absolute Gasteiger partial charge is 0.180 e. The largest absolute Gasteiger partial charge is 0.468 e. The van der Waals surface area contributed by atoms with Gasteiger partial charge in [-0.05, 0) is 37.3 Å². The Morgan fingerprint density at radius 3 is 2.79 bits per heavy atom. The van der Waals surface area contributed by atoms with Crippen molar-refractivity contribution in [2.45, 2.75) is 19.5 Å². The van der Waals surface area contributed by atoms with Crippen molar-refractivity contribution in [3.63, 3.8) is 0 Å². The number of halogens is 2. The number of hydrogen-bond donors (Lipinski definition) is 1. The lowest BCUT2D eigenvalue weighted by atomic mass is 10.1. The van der Waals surface area contributed by atoms with Gasteiger partial charge in [0.15, 0.2) is 5.78 Å². The van der Waals surface area contributed by atoms with Gasteiger partial charge in [-0.1, -0.05) is 23.2 Å². The van der Waals surface area contributed by atoms with Gasteiger partial charge in [-0.2, -0.15) is 0 Å². The van der Waals surface area contributed by atoms with Crippen LogP contribution < -0.4 is 5.32 Å². The summed E-state index contributed by atoms with van der Waals surface area (Å²) in [6, 6.07) is 8.15. The lowest BCUT2D eigenvalue weighted by Crippen LogP contribution is -2.33. The van der Waals surface area contributed by atoms with E-state index in [-0.39, 0.29) is 11.8 Å². The van der Waals surface area contributed by atoms with Gasteiger partial charge in [0.25, 0.3) is 0 Å². The molecule has 0 saturated heterocycles. The molecule has 0 amide bonds. The van der Waals surface area contributed by atoms with E-state index in [4.69, 9.17) is 27.6 Å². The van der Waals surface area contributed by atoms with E-state index in [0.717, 1.165) is 5.76 Å². The van der Waals surface area contributed by atoms with E-state index >= 15 is 0 Å². The molecule has 0 aliphatic carbocycles. The van der Waals surface area contributed by atoms with Gasteiger partial charge in [0.2, 0.25) is 0 Å². The molecule has 3 nitrogen and oxygen atoms in total. The van der Waals surface area contributed by atoms with Crippen LogP contribution in [0.15, 0.2) is 41.0 Å². The fourth-order valence-corrected chi connectivity index (χ4v) is 2.18. The quantitative estimate of drug-likeness (QED) is 0.850. The maximum Gasteiger partial charge on any atom is 0.180 e. The van der Waals surface area contributed by atoms with E-state index in [2.05, 4.69) is 5.32 Å². The summed E-state index contributed by atoms with van der Waals surface area (Å²) in [5.41, 5.74) is 0.463. The minimum absolute atomic E-state index is 0.0757. The second-order valence-electron chi connectivity index (χ2n) is 4.17. The highest BCUT2D eigenvalue weighted by atomic mass is 35.5. The van der Waals surface area contributed by atoms with Gasteiger partial charge in [0.1, 0.15) is 5.76 Å². The Kier molecular flexibility index (Phi) is 4.64. The topological polar surface area (TPSA) is 42.2 Å². The zero-order chi connectivity index (χ0) is 13.8. The molecule has 1 unspecified atom stereocenters. The number of benzene rings is 1. The van der Waals surface area contributed by atoms with Crippen molar-refractivity contribution in [1.82, 2.24) is 5.32 Å². The molecular formula is C14H13Cl2NO2. The van der Waals surface area contributed by atoms with Gasteiger partial charge in [0.05, 0.1) is 23.9 Å². The monoisotopic (exact) mass is 297 g/mol. The van der Waals surface area contributed by atoms with Crippen LogP contribution >= 0.6 is 23.2 Å². The highest BCUT2D eigenvalue weighted by molar-refractivity contribution is 6.37. The number of Topliss-reactive ketones (excluding diaryl/α,β-unsaturated/α-hetero) is 1. The first-order valence-corrected chi connectivity index (χ1v) is 6.58. The second-order valence-corrected chi connectivity index (χ2v) is 5.01. The van der Waals surface area contributed by atoms with Crippen molar-refractivity contribution >= 4 is 29.0 Å². The normalized spacial score (nSPS) is 12.4. The molecule has 0 saturated carbocycles. The first kappa shape index (κ1) is 14.1. The standard InChI is InChI=1S/C14H13Cl2NO2/c1-9(17-8-11-3-2-6-19-11)14(18)12-5-4-10(15)7-13(12)16/h2-7,9,17H,8H2,1H3. The predicted octanol–water partition coefficient (Wildman–Crippen LogP) is 3.95. The van der Waals surface area contributed by atoms with Crippen molar-refractivity contribution in [1.29, 1.82) is 0 Å². The summed E-state index contributed by atoms with van der Waals surface area (Å²) in [5.74, 6) is 0.704. The van der Waals surface area contributed by atoms with Crippen LogP contribution in [0.25, 0.3) is 0 Å². The first-order valence-electron chi connectivity index (χ1n) is 5.83. The van der Waals surface area contributed by atoms with Crippen LogP contribution in [-0.4, -0.2) is 11.8 Å². The summed E-state index contributed by atoms with van der Waals surface area (Å²) in [6.45, 7) is 2.28. The molecule has 1 heterocycles. The molecule has 5 heteroatoms. The maximum atomic E-state index is 12.2. The number of rotatable bonds is 5. The SMILES string of the molecule is CC(NCc1ccco1)C(=O)c1ccc(Cl)cc1Cl. The predicted molar refractivity (Wildman–Crippen MR) is 75.8 cm³/mol. The number of furan rings is 1. The van der Waals surface area contributed by atoms with Crippen LogP contribution in [-0.2, 0) is 6.54 Å². The third-order valence-electron chi connectivity index (χ3n) is 2.75. The van der Waals surface area contributed by atoms with Crippen molar-refractivity contribution in [3.05, 3.63) is 58.0 Å². The summed E-state index contributed by atoms with van der Waals surface area (Å²) in [4.78, 5) is 12.2. The van der Waals surface area contributed by atoms with Crippen molar-refractivity contribution in [2.24, 2.45) is 0 Å². The number of hydrogen-bond acceptors (Lipinski definition) is 3. The van der Waals surface area contributed by atoms with Gasteiger partial charge >= 0.3 is 0 Å². The minimum Gasteiger partial charge on any atom is -0.468 e.